The maximum Gasteiger partial charge on any atom is 0.225 e. The molecule has 0 aromatic heterocycles. The molecule has 3 saturated carbocycles. The summed E-state index contributed by atoms with van der Waals surface area (Å²) in [4.78, 5) is 22.5. The molecule has 88 valence electrons. The minimum atomic E-state index is -0.192. The summed E-state index contributed by atoms with van der Waals surface area (Å²) in [6.45, 7) is 0. The van der Waals surface area contributed by atoms with Crippen molar-refractivity contribution in [2.45, 2.75) is 25.7 Å². The van der Waals surface area contributed by atoms with Gasteiger partial charge in [-0.1, -0.05) is 0 Å². The van der Waals surface area contributed by atoms with Gasteiger partial charge >= 0.3 is 0 Å². The Morgan fingerprint density at radius 2 is 1.50 bits per heavy atom. The minimum absolute atomic E-state index is 0.0335. The molecular formula is C12H14Cl2O2. The molecular weight excluding hydrogens is 247 g/mol. The van der Waals surface area contributed by atoms with Gasteiger partial charge in [-0.2, -0.15) is 0 Å². The van der Waals surface area contributed by atoms with Crippen LogP contribution in [-0.2, 0) is 9.59 Å². The van der Waals surface area contributed by atoms with Gasteiger partial charge in [0.15, 0.2) is 0 Å². The molecule has 0 N–H and O–H groups in total. The predicted molar refractivity (Wildman–Crippen MR) is 61.1 cm³/mol. The van der Waals surface area contributed by atoms with Crippen LogP contribution in [-0.4, -0.2) is 10.5 Å². The fourth-order valence-electron chi connectivity index (χ4n) is 4.52. The van der Waals surface area contributed by atoms with Crippen molar-refractivity contribution in [3.05, 3.63) is 0 Å². The summed E-state index contributed by atoms with van der Waals surface area (Å²) in [5, 5.41) is -0.367. The van der Waals surface area contributed by atoms with E-state index in [2.05, 4.69) is 0 Å². The SMILES string of the molecule is O=C(Cl)C1CC2C3CC(C(=O)Cl)C(C3)C2C1. The molecule has 16 heavy (non-hydrogen) atoms. The van der Waals surface area contributed by atoms with E-state index in [-0.39, 0.29) is 22.3 Å². The molecule has 4 heteroatoms. The second kappa shape index (κ2) is 3.71. The number of fused-ring (bicyclic) bond motifs is 5. The third-order valence-corrected chi connectivity index (χ3v) is 5.67. The van der Waals surface area contributed by atoms with Crippen LogP contribution in [0.3, 0.4) is 0 Å². The molecule has 6 unspecified atom stereocenters. The van der Waals surface area contributed by atoms with Crippen molar-refractivity contribution in [3.8, 4) is 0 Å². The highest BCUT2D eigenvalue weighted by molar-refractivity contribution is 6.64. The summed E-state index contributed by atoms with van der Waals surface area (Å²) >= 11 is 11.2. The van der Waals surface area contributed by atoms with Gasteiger partial charge in [0.05, 0.1) is 0 Å². The van der Waals surface area contributed by atoms with E-state index in [9.17, 15) is 9.59 Å². The number of carbonyl (C=O) groups is 2. The third kappa shape index (κ3) is 1.46. The van der Waals surface area contributed by atoms with Crippen LogP contribution in [0.4, 0.5) is 0 Å². The zero-order valence-electron chi connectivity index (χ0n) is 8.86. The number of halogens is 2. The highest BCUT2D eigenvalue weighted by atomic mass is 35.5. The second-order valence-corrected chi connectivity index (χ2v) is 6.35. The quantitative estimate of drug-likeness (QED) is 0.716. The minimum Gasteiger partial charge on any atom is -0.281 e. The lowest BCUT2D eigenvalue weighted by atomic mass is 9.76. The normalized spacial score (nSPS) is 49.4. The lowest BCUT2D eigenvalue weighted by Crippen LogP contribution is -2.27. The first kappa shape index (κ1) is 11.0. The number of carbonyl (C=O) groups excluding carboxylic acids is 2. The van der Waals surface area contributed by atoms with Gasteiger partial charge in [-0.05, 0) is 72.6 Å². The molecule has 3 rings (SSSR count). The topological polar surface area (TPSA) is 34.1 Å². The van der Waals surface area contributed by atoms with Crippen molar-refractivity contribution in [2.75, 3.05) is 0 Å². The molecule has 3 fully saturated rings. The van der Waals surface area contributed by atoms with Gasteiger partial charge in [0.1, 0.15) is 0 Å². The van der Waals surface area contributed by atoms with Crippen molar-refractivity contribution in [3.63, 3.8) is 0 Å². The van der Waals surface area contributed by atoms with Crippen LogP contribution in [0, 0.1) is 35.5 Å². The van der Waals surface area contributed by atoms with Gasteiger partial charge in [-0.3, -0.25) is 9.59 Å². The number of hydrogen-bond donors (Lipinski definition) is 0. The van der Waals surface area contributed by atoms with Gasteiger partial charge in [0, 0.05) is 11.8 Å². The zero-order valence-corrected chi connectivity index (χ0v) is 10.4. The van der Waals surface area contributed by atoms with Crippen LogP contribution < -0.4 is 0 Å². The lowest BCUT2D eigenvalue weighted by molar-refractivity contribution is -0.117. The van der Waals surface area contributed by atoms with E-state index in [1.165, 1.54) is 0 Å². The largest absolute Gasteiger partial charge is 0.281 e. The Morgan fingerprint density at radius 3 is 2.12 bits per heavy atom. The molecule has 0 radical (unpaired) electrons. The van der Waals surface area contributed by atoms with Crippen LogP contribution >= 0.6 is 23.2 Å². The fourth-order valence-corrected chi connectivity index (χ4v) is 4.95. The summed E-state index contributed by atoms with van der Waals surface area (Å²) in [5.41, 5.74) is 0. The first-order valence-corrected chi connectivity index (χ1v) is 6.72. The van der Waals surface area contributed by atoms with Crippen molar-refractivity contribution < 1.29 is 9.59 Å². The van der Waals surface area contributed by atoms with Crippen LogP contribution in [0.1, 0.15) is 25.7 Å². The Hall–Kier alpha value is -0.0800. The molecule has 0 aliphatic heterocycles. The summed E-state index contributed by atoms with van der Waals surface area (Å²) in [5.74, 6) is 2.29. The van der Waals surface area contributed by atoms with Crippen molar-refractivity contribution in [1.29, 1.82) is 0 Å². The van der Waals surface area contributed by atoms with Gasteiger partial charge in [0.2, 0.25) is 10.5 Å². The highest BCUT2D eigenvalue weighted by Gasteiger charge is 2.57. The van der Waals surface area contributed by atoms with E-state index in [0.29, 0.717) is 23.7 Å². The van der Waals surface area contributed by atoms with E-state index >= 15 is 0 Å². The predicted octanol–water partition coefficient (Wildman–Crippen LogP) is 2.82. The molecule has 0 spiro atoms. The van der Waals surface area contributed by atoms with Crippen molar-refractivity contribution >= 4 is 33.7 Å². The van der Waals surface area contributed by atoms with Gasteiger partial charge in [-0.25, -0.2) is 0 Å². The first-order valence-electron chi connectivity index (χ1n) is 5.96. The van der Waals surface area contributed by atoms with Crippen molar-refractivity contribution in [2.24, 2.45) is 35.5 Å². The second-order valence-electron chi connectivity index (χ2n) is 5.61. The zero-order chi connectivity index (χ0) is 11.4. The molecule has 0 heterocycles. The third-order valence-electron chi connectivity index (χ3n) is 5.08. The van der Waals surface area contributed by atoms with E-state index in [0.717, 1.165) is 25.7 Å². The smallest absolute Gasteiger partial charge is 0.225 e. The molecule has 0 aromatic rings. The standard InChI is InChI=1S/C12H14Cl2O2/c13-11(15)6-3-7-5-1-9(8(7)4-6)10(2-5)12(14)16/h5-10H,1-4H2. The summed E-state index contributed by atoms with van der Waals surface area (Å²) in [6, 6.07) is 0. The van der Waals surface area contributed by atoms with E-state index in [1.807, 2.05) is 0 Å². The van der Waals surface area contributed by atoms with Gasteiger partial charge in [-0.15, -0.1) is 0 Å². The Labute approximate surface area is 105 Å². The molecule has 2 nitrogen and oxygen atoms in total. The number of hydrogen-bond acceptors (Lipinski definition) is 2. The van der Waals surface area contributed by atoms with Crippen molar-refractivity contribution in [1.82, 2.24) is 0 Å². The van der Waals surface area contributed by atoms with E-state index < -0.39 is 0 Å². The molecule has 0 aromatic carbocycles. The Morgan fingerprint density at radius 1 is 0.812 bits per heavy atom. The average molecular weight is 261 g/mol. The average Bonchev–Trinajstić information content (AvgIpc) is 2.87. The van der Waals surface area contributed by atoms with Crippen LogP contribution in [0.2, 0.25) is 0 Å². The van der Waals surface area contributed by atoms with E-state index in [1.54, 1.807) is 0 Å². The Balaban J connectivity index is 1.79. The fraction of sp³-hybridized carbons (Fsp3) is 0.833. The molecule has 3 aliphatic carbocycles. The summed E-state index contributed by atoms with van der Waals surface area (Å²) in [6.07, 6.45) is 3.91. The molecule has 3 aliphatic rings. The lowest BCUT2D eigenvalue weighted by Gasteiger charge is -2.29. The Kier molecular flexibility index (Phi) is 2.56. The van der Waals surface area contributed by atoms with Gasteiger partial charge in [0.25, 0.3) is 0 Å². The monoisotopic (exact) mass is 260 g/mol. The summed E-state index contributed by atoms with van der Waals surface area (Å²) < 4.78 is 0. The van der Waals surface area contributed by atoms with Crippen LogP contribution in [0.25, 0.3) is 0 Å². The van der Waals surface area contributed by atoms with Crippen LogP contribution in [0.15, 0.2) is 0 Å². The molecule has 6 atom stereocenters. The maximum atomic E-state index is 11.3. The molecule has 2 bridgehead atoms. The maximum absolute atomic E-state index is 11.3. The molecule has 0 saturated heterocycles. The first-order chi connectivity index (χ1) is 7.58. The molecule has 0 amide bonds. The van der Waals surface area contributed by atoms with E-state index in [4.69, 9.17) is 23.2 Å². The highest BCUT2D eigenvalue weighted by Crippen LogP contribution is 2.62. The van der Waals surface area contributed by atoms with Gasteiger partial charge < -0.3 is 0 Å². The number of rotatable bonds is 2. The van der Waals surface area contributed by atoms with Crippen LogP contribution in [0.5, 0.6) is 0 Å². The summed E-state index contributed by atoms with van der Waals surface area (Å²) in [7, 11) is 0. The Bertz CT molecular complexity index is 355.